The van der Waals surface area contributed by atoms with Gasteiger partial charge in [-0.25, -0.2) is 0 Å². The van der Waals surface area contributed by atoms with Crippen molar-refractivity contribution in [2.24, 2.45) is 0 Å². The minimum atomic E-state index is -3.99. The van der Waals surface area contributed by atoms with E-state index in [0.717, 1.165) is 43.0 Å². The smallest absolute Gasteiger partial charge is 0.389 e. The van der Waals surface area contributed by atoms with Crippen LogP contribution in [0.15, 0.2) is 24.3 Å². The number of halogens is 3. The molecule has 140 valence electrons. The van der Waals surface area contributed by atoms with Crippen molar-refractivity contribution in [3.8, 4) is 0 Å². The maximum atomic E-state index is 12.0. The lowest BCUT2D eigenvalue weighted by Gasteiger charge is -2.23. The topological polar surface area (TPSA) is 30.0 Å². The molecule has 1 aromatic rings. The molecule has 0 radical (unpaired) electrons. The van der Waals surface area contributed by atoms with Gasteiger partial charge in [-0.15, -0.1) is 0 Å². The van der Waals surface area contributed by atoms with Gasteiger partial charge in [-0.2, -0.15) is 13.2 Å². The molecule has 2 nitrogen and oxygen atoms in total. The molecule has 0 aromatic heterocycles. The van der Waals surface area contributed by atoms with E-state index in [-0.39, 0.29) is 11.9 Å². The number of quaternary nitrogens is 1. The lowest BCUT2D eigenvalue weighted by molar-refractivity contribution is -0.135. The van der Waals surface area contributed by atoms with Crippen LogP contribution in [0.3, 0.4) is 0 Å². The Bertz CT molecular complexity index is 453. The number of nitrogens with zero attached hydrogens (tertiary/aromatic N) is 1. The number of alkyl halides is 3. The van der Waals surface area contributed by atoms with Crippen LogP contribution in [0.1, 0.15) is 56.9 Å². The second kappa shape index (κ2) is 10.7. The number of hydrogen-bond donors (Lipinski definition) is 0. The van der Waals surface area contributed by atoms with Gasteiger partial charge >= 0.3 is 6.18 Å². The molecular formula is C19H32F3NO. The van der Waals surface area contributed by atoms with Crippen molar-refractivity contribution in [2.75, 3.05) is 21.1 Å². The van der Waals surface area contributed by atoms with Gasteiger partial charge in [-0.05, 0) is 30.9 Å². The molecule has 1 rings (SSSR count). The molecule has 0 fully saturated rings. The number of unbranched alkanes of at least 4 members (excludes halogenated alkanes) is 6. The second-order valence-electron chi connectivity index (χ2n) is 7.27. The minimum Gasteiger partial charge on any atom is -0.870 e. The molecule has 1 aromatic carbocycles. The summed E-state index contributed by atoms with van der Waals surface area (Å²) < 4.78 is 36.8. The van der Waals surface area contributed by atoms with E-state index in [4.69, 9.17) is 0 Å². The SMILES string of the molecule is C[N+](C)(C)c1cccc(CCCCCCCCCC(F)(F)F)c1.[OH-]. The largest absolute Gasteiger partial charge is 0.870 e. The van der Waals surface area contributed by atoms with Crippen LogP contribution >= 0.6 is 0 Å². The van der Waals surface area contributed by atoms with Crippen molar-refractivity contribution in [3.63, 3.8) is 0 Å². The molecule has 0 saturated carbocycles. The summed E-state index contributed by atoms with van der Waals surface area (Å²) in [6, 6.07) is 8.73. The van der Waals surface area contributed by atoms with Crippen LogP contribution in [-0.2, 0) is 6.42 Å². The summed E-state index contributed by atoms with van der Waals surface area (Å²) in [5.41, 5.74) is 2.69. The third kappa shape index (κ3) is 10.7. The maximum Gasteiger partial charge on any atom is 0.389 e. The van der Waals surface area contributed by atoms with E-state index < -0.39 is 12.6 Å². The predicted molar refractivity (Wildman–Crippen MR) is 94.6 cm³/mol. The Kier molecular flexibility index (Phi) is 10.2. The number of rotatable bonds is 10. The zero-order valence-corrected chi connectivity index (χ0v) is 15.2. The zero-order chi connectivity index (χ0) is 17.3. The monoisotopic (exact) mass is 347 g/mol. The zero-order valence-electron chi connectivity index (χ0n) is 15.2. The number of aryl methyl sites for hydroxylation is 1. The van der Waals surface area contributed by atoms with Gasteiger partial charge in [0.25, 0.3) is 0 Å². The Morgan fingerprint density at radius 2 is 1.38 bits per heavy atom. The number of benzene rings is 1. The van der Waals surface area contributed by atoms with E-state index in [1.807, 2.05) is 0 Å². The van der Waals surface area contributed by atoms with Gasteiger partial charge in [0.15, 0.2) is 0 Å². The van der Waals surface area contributed by atoms with Gasteiger partial charge in [-0.1, -0.05) is 44.2 Å². The summed E-state index contributed by atoms with van der Waals surface area (Å²) in [5, 5.41) is 0. The lowest BCUT2D eigenvalue weighted by Crippen LogP contribution is -2.34. The predicted octanol–water partition coefficient (Wildman–Crippen LogP) is 5.93. The molecule has 0 aliphatic rings. The molecule has 0 amide bonds. The lowest BCUT2D eigenvalue weighted by atomic mass is 10.0. The van der Waals surface area contributed by atoms with Gasteiger partial charge < -0.3 is 5.48 Å². The van der Waals surface area contributed by atoms with E-state index in [0.29, 0.717) is 6.42 Å². The van der Waals surface area contributed by atoms with Gasteiger partial charge in [0.2, 0.25) is 0 Å². The number of hydrogen-bond acceptors (Lipinski definition) is 1. The van der Waals surface area contributed by atoms with E-state index in [9.17, 15) is 13.2 Å². The molecule has 0 aliphatic carbocycles. The normalized spacial score (nSPS) is 12.1. The molecular weight excluding hydrogens is 315 g/mol. The standard InChI is InChI=1S/C19H31F3N.H2O/c1-23(2,3)18-14-11-13-17(16-18)12-9-7-5-4-6-8-10-15-19(20,21)22;/h11,13-14,16H,4-10,12,15H2,1-3H3;1H2/q+1;/p-1. The van der Waals surface area contributed by atoms with Gasteiger partial charge in [0, 0.05) is 12.5 Å². The highest BCUT2D eigenvalue weighted by Gasteiger charge is 2.25. The van der Waals surface area contributed by atoms with Crippen LogP contribution in [0.25, 0.3) is 0 Å². The fourth-order valence-electron chi connectivity index (χ4n) is 2.67. The molecule has 0 atom stereocenters. The third-order valence-corrected chi connectivity index (χ3v) is 4.11. The molecule has 0 aliphatic heterocycles. The minimum absolute atomic E-state index is 0. The first kappa shape index (κ1) is 22.9. The molecule has 24 heavy (non-hydrogen) atoms. The van der Waals surface area contributed by atoms with Crippen molar-refractivity contribution in [3.05, 3.63) is 29.8 Å². The summed E-state index contributed by atoms with van der Waals surface area (Å²) in [7, 11) is 6.49. The Labute approximate surface area is 144 Å². The Morgan fingerprint density at radius 3 is 1.92 bits per heavy atom. The molecule has 0 heterocycles. The summed E-state index contributed by atoms with van der Waals surface area (Å²) >= 11 is 0. The average Bonchev–Trinajstić information content (AvgIpc) is 2.44. The first-order valence-electron chi connectivity index (χ1n) is 8.66. The van der Waals surface area contributed by atoms with E-state index in [1.54, 1.807) is 0 Å². The van der Waals surface area contributed by atoms with Crippen LogP contribution < -0.4 is 4.48 Å². The Balaban J connectivity index is 0.00000529. The van der Waals surface area contributed by atoms with Crippen LogP contribution in [0.2, 0.25) is 0 Å². The van der Waals surface area contributed by atoms with Crippen molar-refractivity contribution in [1.29, 1.82) is 0 Å². The van der Waals surface area contributed by atoms with Crippen LogP contribution in [0.5, 0.6) is 0 Å². The molecule has 0 spiro atoms. The van der Waals surface area contributed by atoms with Gasteiger partial charge in [-0.3, -0.25) is 4.48 Å². The molecule has 0 saturated heterocycles. The summed E-state index contributed by atoms with van der Waals surface area (Å²) in [4.78, 5) is 0. The van der Waals surface area contributed by atoms with Crippen LogP contribution in [-0.4, -0.2) is 32.8 Å². The van der Waals surface area contributed by atoms with Gasteiger partial charge in [0.05, 0.1) is 21.1 Å². The highest BCUT2D eigenvalue weighted by atomic mass is 19.4. The summed E-state index contributed by atoms with van der Waals surface area (Å²) in [6.45, 7) is 0. The van der Waals surface area contributed by atoms with Crippen molar-refractivity contribution >= 4 is 5.69 Å². The van der Waals surface area contributed by atoms with Crippen LogP contribution in [0, 0.1) is 0 Å². The van der Waals surface area contributed by atoms with E-state index in [1.165, 1.54) is 11.3 Å². The summed E-state index contributed by atoms with van der Waals surface area (Å²) in [5.74, 6) is 0. The first-order chi connectivity index (χ1) is 10.7. The van der Waals surface area contributed by atoms with Crippen molar-refractivity contribution in [1.82, 2.24) is 4.48 Å². The van der Waals surface area contributed by atoms with E-state index in [2.05, 4.69) is 45.4 Å². The fourth-order valence-corrected chi connectivity index (χ4v) is 2.67. The Hall–Kier alpha value is -1.07. The van der Waals surface area contributed by atoms with Crippen LogP contribution in [0.4, 0.5) is 18.9 Å². The first-order valence-corrected chi connectivity index (χ1v) is 8.66. The highest BCUT2D eigenvalue weighted by molar-refractivity contribution is 5.43. The molecule has 5 heteroatoms. The molecule has 1 N–H and O–H groups in total. The van der Waals surface area contributed by atoms with E-state index >= 15 is 0 Å². The quantitative estimate of drug-likeness (QED) is 0.381. The average molecular weight is 347 g/mol. The molecule has 0 unspecified atom stereocenters. The fraction of sp³-hybridized carbons (Fsp3) is 0.684. The second-order valence-corrected chi connectivity index (χ2v) is 7.27. The summed E-state index contributed by atoms with van der Waals surface area (Å²) in [6.07, 6.45) is 2.87. The maximum absolute atomic E-state index is 12.0. The van der Waals surface area contributed by atoms with Gasteiger partial charge in [0.1, 0.15) is 5.69 Å². The highest BCUT2D eigenvalue weighted by Crippen LogP contribution is 2.23. The Morgan fingerprint density at radius 1 is 0.833 bits per heavy atom. The van der Waals surface area contributed by atoms with Crippen molar-refractivity contribution in [2.45, 2.75) is 64.0 Å². The third-order valence-electron chi connectivity index (χ3n) is 4.11. The molecule has 0 bridgehead atoms. The van der Waals surface area contributed by atoms with Crippen molar-refractivity contribution < 1.29 is 18.6 Å².